The van der Waals surface area contributed by atoms with Crippen LogP contribution in [0.4, 0.5) is 0 Å². The summed E-state index contributed by atoms with van der Waals surface area (Å²) in [6, 6.07) is 33.2. The molecule has 2 fully saturated rings. The molecule has 2 aliphatic rings. The number of hydrogen-bond acceptors (Lipinski definition) is 3. The molecular weight excluding hydrogens is 368 g/mol. The van der Waals surface area contributed by atoms with Gasteiger partial charge in [-0.15, -0.1) is 0 Å². The van der Waals surface area contributed by atoms with Gasteiger partial charge >= 0.3 is 0 Å². The van der Waals surface area contributed by atoms with E-state index in [1.807, 2.05) is 0 Å². The second-order valence-corrected chi connectivity index (χ2v) is 8.71. The molecule has 3 nitrogen and oxygen atoms in total. The predicted molar refractivity (Wildman–Crippen MR) is 121 cm³/mol. The minimum absolute atomic E-state index is 0.0308. The third-order valence-corrected chi connectivity index (χ3v) is 6.90. The summed E-state index contributed by atoms with van der Waals surface area (Å²) in [5.74, 6) is 0.441. The van der Waals surface area contributed by atoms with Crippen LogP contribution in [-0.4, -0.2) is 35.5 Å². The second kappa shape index (κ2) is 8.35. The van der Waals surface area contributed by atoms with E-state index < -0.39 is 0 Å². The van der Waals surface area contributed by atoms with E-state index >= 15 is 0 Å². The summed E-state index contributed by atoms with van der Waals surface area (Å²) in [5, 5.41) is 0. The summed E-state index contributed by atoms with van der Waals surface area (Å²) in [7, 11) is 2.24. The van der Waals surface area contributed by atoms with Crippen LogP contribution in [-0.2, 0) is 11.3 Å². The summed E-state index contributed by atoms with van der Waals surface area (Å²) in [6.45, 7) is 4.42. The van der Waals surface area contributed by atoms with E-state index in [0.717, 1.165) is 13.1 Å². The van der Waals surface area contributed by atoms with Crippen LogP contribution in [0, 0.1) is 5.92 Å². The zero-order valence-corrected chi connectivity index (χ0v) is 17.8. The maximum atomic E-state index is 6.83. The maximum Gasteiger partial charge on any atom is 0.137 e. The molecule has 3 aromatic carbocycles. The molecular formula is C27H30N2O. The Balaban J connectivity index is 1.49. The zero-order valence-electron chi connectivity index (χ0n) is 17.8. The molecule has 30 heavy (non-hydrogen) atoms. The minimum Gasteiger partial charge on any atom is -0.351 e. The van der Waals surface area contributed by atoms with Crippen molar-refractivity contribution in [1.29, 1.82) is 0 Å². The molecule has 0 bridgehead atoms. The second-order valence-electron chi connectivity index (χ2n) is 8.71. The summed E-state index contributed by atoms with van der Waals surface area (Å²) in [5.41, 5.74) is 3.89. The lowest BCUT2D eigenvalue weighted by Crippen LogP contribution is -2.51. The smallest absolute Gasteiger partial charge is 0.137 e. The Morgan fingerprint density at radius 1 is 0.800 bits per heavy atom. The van der Waals surface area contributed by atoms with E-state index in [4.69, 9.17) is 4.74 Å². The molecule has 0 N–H and O–H groups in total. The first-order valence-electron chi connectivity index (χ1n) is 11.0. The Bertz CT molecular complexity index is 946. The highest BCUT2D eigenvalue weighted by atomic mass is 16.5. The van der Waals surface area contributed by atoms with Crippen molar-refractivity contribution in [1.82, 2.24) is 9.80 Å². The van der Waals surface area contributed by atoms with Crippen molar-refractivity contribution in [2.75, 3.05) is 13.6 Å². The number of ether oxygens (including phenoxy) is 1. The molecule has 5 rings (SSSR count). The third kappa shape index (κ3) is 3.58. The van der Waals surface area contributed by atoms with Gasteiger partial charge in [-0.1, -0.05) is 91.0 Å². The van der Waals surface area contributed by atoms with Gasteiger partial charge < -0.3 is 4.74 Å². The lowest BCUT2D eigenvalue weighted by atomic mass is 9.86. The van der Waals surface area contributed by atoms with Gasteiger partial charge in [-0.2, -0.15) is 0 Å². The standard InChI is InChI=1S/C27H30N2O/c1-20-25-24(19-29(20)18-21-12-6-3-7-13-21)26(22-14-8-4-9-15-22)30-27(28(25)2)23-16-10-5-11-17-23/h3-17,20,24-27H,18-19H2,1-2H3/t20-,24+,25-,26-,27+/m0/s1. The molecule has 154 valence electrons. The highest BCUT2D eigenvalue weighted by Crippen LogP contribution is 2.47. The van der Waals surface area contributed by atoms with Crippen molar-refractivity contribution in [3.63, 3.8) is 0 Å². The van der Waals surface area contributed by atoms with Gasteiger partial charge in [-0.25, -0.2) is 0 Å². The molecule has 0 unspecified atom stereocenters. The Morgan fingerprint density at radius 2 is 1.37 bits per heavy atom. The van der Waals surface area contributed by atoms with Crippen LogP contribution >= 0.6 is 0 Å². The fourth-order valence-electron chi connectivity index (χ4n) is 5.45. The van der Waals surface area contributed by atoms with Gasteiger partial charge in [0, 0.05) is 31.1 Å². The summed E-state index contributed by atoms with van der Waals surface area (Å²) in [6.07, 6.45) is 0.0672. The lowest BCUT2D eigenvalue weighted by Gasteiger charge is -2.47. The normalized spacial score (nSPS) is 29.6. The SMILES string of the molecule is C[C@H]1[C@H]2[C@@H](CN1Cc1ccccc1)[C@H](c1ccccc1)O[C@H](c1ccccc1)N2C. The van der Waals surface area contributed by atoms with E-state index in [0.29, 0.717) is 18.0 Å². The molecule has 3 heteroatoms. The van der Waals surface area contributed by atoms with E-state index in [1.54, 1.807) is 0 Å². The Hall–Kier alpha value is -2.46. The van der Waals surface area contributed by atoms with Crippen LogP contribution in [0.2, 0.25) is 0 Å². The number of benzene rings is 3. The van der Waals surface area contributed by atoms with Crippen LogP contribution in [0.1, 0.15) is 35.9 Å². The van der Waals surface area contributed by atoms with Gasteiger partial charge in [-0.3, -0.25) is 9.80 Å². The number of hydrogen-bond donors (Lipinski definition) is 0. The zero-order chi connectivity index (χ0) is 20.5. The molecule has 2 heterocycles. The molecule has 0 radical (unpaired) electrons. The number of likely N-dealkylation sites (N-methyl/N-ethyl adjacent to an activating group) is 1. The predicted octanol–water partition coefficient (Wildman–Crippen LogP) is 5.28. The van der Waals surface area contributed by atoms with Gasteiger partial charge in [0.15, 0.2) is 0 Å². The van der Waals surface area contributed by atoms with Crippen molar-refractivity contribution in [3.05, 3.63) is 108 Å². The summed E-state index contributed by atoms with van der Waals surface area (Å²) >= 11 is 0. The van der Waals surface area contributed by atoms with Crippen LogP contribution in [0.25, 0.3) is 0 Å². The molecule has 0 amide bonds. The van der Waals surface area contributed by atoms with Crippen LogP contribution in [0.3, 0.4) is 0 Å². The average Bonchev–Trinajstić information content (AvgIpc) is 3.12. The van der Waals surface area contributed by atoms with Crippen LogP contribution in [0.5, 0.6) is 0 Å². The van der Waals surface area contributed by atoms with E-state index in [2.05, 4.69) is 115 Å². The van der Waals surface area contributed by atoms with Gasteiger partial charge in [0.2, 0.25) is 0 Å². The largest absolute Gasteiger partial charge is 0.351 e. The van der Waals surface area contributed by atoms with Gasteiger partial charge in [0.25, 0.3) is 0 Å². The lowest BCUT2D eigenvalue weighted by molar-refractivity contribution is -0.183. The summed E-state index contributed by atoms with van der Waals surface area (Å²) in [4.78, 5) is 5.10. The van der Waals surface area contributed by atoms with Crippen molar-refractivity contribution in [2.45, 2.75) is 37.9 Å². The number of likely N-dealkylation sites (tertiary alicyclic amines) is 1. The minimum atomic E-state index is -0.0308. The first kappa shape index (κ1) is 19.5. The fraction of sp³-hybridized carbons (Fsp3) is 0.333. The maximum absolute atomic E-state index is 6.83. The average molecular weight is 399 g/mol. The topological polar surface area (TPSA) is 15.7 Å². The molecule has 0 aromatic heterocycles. The van der Waals surface area contributed by atoms with Crippen molar-refractivity contribution >= 4 is 0 Å². The van der Waals surface area contributed by atoms with E-state index in [1.165, 1.54) is 16.7 Å². The molecule has 0 spiro atoms. The van der Waals surface area contributed by atoms with Crippen molar-refractivity contribution < 1.29 is 4.74 Å². The number of fused-ring (bicyclic) bond motifs is 1. The highest BCUT2D eigenvalue weighted by Gasteiger charge is 2.51. The highest BCUT2D eigenvalue weighted by molar-refractivity contribution is 5.25. The molecule has 5 atom stereocenters. The first-order valence-corrected chi connectivity index (χ1v) is 11.0. The van der Waals surface area contributed by atoms with Gasteiger partial charge in [0.05, 0.1) is 6.10 Å². The van der Waals surface area contributed by atoms with Crippen LogP contribution in [0.15, 0.2) is 91.0 Å². The fourth-order valence-corrected chi connectivity index (χ4v) is 5.45. The number of nitrogens with zero attached hydrogens (tertiary/aromatic N) is 2. The van der Waals surface area contributed by atoms with Gasteiger partial charge in [0.1, 0.15) is 6.23 Å². The van der Waals surface area contributed by atoms with Crippen molar-refractivity contribution in [2.24, 2.45) is 5.92 Å². The Kier molecular flexibility index (Phi) is 5.43. The van der Waals surface area contributed by atoms with Gasteiger partial charge in [-0.05, 0) is 30.7 Å². The molecule has 0 aliphatic carbocycles. The third-order valence-electron chi connectivity index (χ3n) is 6.90. The monoisotopic (exact) mass is 398 g/mol. The Morgan fingerprint density at radius 3 is 2.00 bits per heavy atom. The van der Waals surface area contributed by atoms with Crippen LogP contribution < -0.4 is 0 Å². The quantitative estimate of drug-likeness (QED) is 0.595. The molecule has 0 saturated carbocycles. The first-order chi connectivity index (χ1) is 14.7. The Labute approximate surface area is 179 Å². The van der Waals surface area contributed by atoms with E-state index in [9.17, 15) is 0 Å². The number of rotatable bonds is 4. The van der Waals surface area contributed by atoms with E-state index in [-0.39, 0.29) is 12.3 Å². The van der Waals surface area contributed by atoms with Crippen molar-refractivity contribution in [3.8, 4) is 0 Å². The molecule has 2 aliphatic heterocycles. The summed E-state index contributed by atoms with van der Waals surface area (Å²) < 4.78 is 6.83. The molecule has 2 saturated heterocycles. The molecule has 3 aromatic rings.